The zero-order valence-corrected chi connectivity index (χ0v) is 8.25. The molecule has 4 heteroatoms. The van der Waals surface area contributed by atoms with Crippen LogP contribution in [0.5, 0.6) is 5.75 Å². The summed E-state index contributed by atoms with van der Waals surface area (Å²) in [6.45, 7) is 1.49. The predicted molar refractivity (Wildman–Crippen MR) is 54.4 cm³/mol. The van der Waals surface area contributed by atoms with E-state index in [9.17, 15) is 4.79 Å². The Bertz CT molecular complexity index is 396. The van der Waals surface area contributed by atoms with E-state index in [4.69, 9.17) is 21.8 Å². The quantitative estimate of drug-likeness (QED) is 0.741. The molecule has 0 saturated carbocycles. The topological polar surface area (TPSA) is 57.5 Å². The molecular formula is C10H9ClO3. The second-order valence-electron chi connectivity index (χ2n) is 2.84. The van der Waals surface area contributed by atoms with Crippen LogP contribution in [0.25, 0.3) is 6.08 Å². The lowest BCUT2D eigenvalue weighted by atomic mass is 10.1. The van der Waals surface area contributed by atoms with Crippen molar-refractivity contribution in [1.82, 2.24) is 0 Å². The maximum Gasteiger partial charge on any atom is 0.331 e. The molecule has 0 aromatic heterocycles. The van der Waals surface area contributed by atoms with E-state index >= 15 is 0 Å². The average molecular weight is 213 g/mol. The summed E-state index contributed by atoms with van der Waals surface area (Å²) < 4.78 is 0. The first-order valence-electron chi connectivity index (χ1n) is 3.91. The average Bonchev–Trinajstić information content (AvgIpc) is 2.11. The second-order valence-corrected chi connectivity index (χ2v) is 3.25. The standard InChI is InChI=1S/C10H9ClO3/c1-6(10(13)14)4-7-2-3-9(12)8(11)5-7/h2-5,12H,1H3,(H,13,14)/b6-4-. The highest BCUT2D eigenvalue weighted by Crippen LogP contribution is 2.24. The minimum atomic E-state index is -0.978. The van der Waals surface area contributed by atoms with Crippen LogP contribution < -0.4 is 0 Å². The molecule has 74 valence electrons. The van der Waals surface area contributed by atoms with E-state index in [1.54, 1.807) is 6.07 Å². The minimum Gasteiger partial charge on any atom is -0.506 e. The molecule has 0 aliphatic carbocycles. The van der Waals surface area contributed by atoms with Gasteiger partial charge in [0.2, 0.25) is 0 Å². The van der Waals surface area contributed by atoms with Crippen molar-refractivity contribution in [2.24, 2.45) is 0 Å². The van der Waals surface area contributed by atoms with Crippen molar-refractivity contribution in [2.75, 3.05) is 0 Å². The van der Waals surface area contributed by atoms with E-state index in [0.29, 0.717) is 5.56 Å². The Hall–Kier alpha value is -1.48. The van der Waals surface area contributed by atoms with Crippen LogP contribution in [0, 0.1) is 0 Å². The highest BCUT2D eigenvalue weighted by molar-refractivity contribution is 6.32. The molecule has 0 bridgehead atoms. The molecule has 0 heterocycles. The van der Waals surface area contributed by atoms with Gasteiger partial charge in [0.15, 0.2) is 0 Å². The van der Waals surface area contributed by atoms with Gasteiger partial charge in [-0.05, 0) is 30.7 Å². The van der Waals surface area contributed by atoms with Crippen molar-refractivity contribution in [3.8, 4) is 5.75 Å². The lowest BCUT2D eigenvalue weighted by molar-refractivity contribution is -0.132. The van der Waals surface area contributed by atoms with Gasteiger partial charge in [-0.2, -0.15) is 0 Å². The summed E-state index contributed by atoms with van der Waals surface area (Å²) in [5.41, 5.74) is 0.861. The molecule has 3 nitrogen and oxygen atoms in total. The van der Waals surface area contributed by atoms with E-state index < -0.39 is 5.97 Å². The maximum absolute atomic E-state index is 10.5. The fourth-order valence-electron chi connectivity index (χ4n) is 0.925. The Morgan fingerprint density at radius 3 is 2.64 bits per heavy atom. The summed E-state index contributed by atoms with van der Waals surface area (Å²) in [5.74, 6) is -0.994. The fourth-order valence-corrected chi connectivity index (χ4v) is 1.11. The number of phenolic OH excluding ortho intramolecular Hbond substituents is 1. The van der Waals surface area contributed by atoms with Gasteiger partial charge in [-0.1, -0.05) is 17.7 Å². The van der Waals surface area contributed by atoms with E-state index in [1.807, 2.05) is 0 Å². The molecule has 0 aliphatic heterocycles. The number of hydrogen-bond acceptors (Lipinski definition) is 2. The number of hydrogen-bond donors (Lipinski definition) is 2. The number of carboxylic acids is 1. The third-order valence-electron chi connectivity index (χ3n) is 1.69. The monoisotopic (exact) mass is 212 g/mol. The van der Waals surface area contributed by atoms with Gasteiger partial charge in [-0.3, -0.25) is 0 Å². The zero-order valence-electron chi connectivity index (χ0n) is 7.49. The van der Waals surface area contributed by atoms with E-state index in [1.165, 1.54) is 25.1 Å². The van der Waals surface area contributed by atoms with Crippen LogP contribution in [0.4, 0.5) is 0 Å². The molecule has 2 N–H and O–H groups in total. The number of halogens is 1. The number of carbonyl (C=O) groups is 1. The zero-order chi connectivity index (χ0) is 10.7. The molecule has 0 fully saturated rings. The summed E-state index contributed by atoms with van der Waals surface area (Å²) in [6, 6.07) is 4.51. The molecule has 1 aromatic rings. The molecular weight excluding hydrogens is 204 g/mol. The van der Waals surface area contributed by atoms with Gasteiger partial charge >= 0.3 is 5.97 Å². The van der Waals surface area contributed by atoms with Gasteiger partial charge in [0.1, 0.15) is 5.75 Å². The van der Waals surface area contributed by atoms with Crippen LogP contribution in [0.2, 0.25) is 5.02 Å². The Morgan fingerprint density at radius 1 is 1.50 bits per heavy atom. The fraction of sp³-hybridized carbons (Fsp3) is 0.100. The molecule has 0 radical (unpaired) electrons. The van der Waals surface area contributed by atoms with Crippen LogP contribution in [-0.4, -0.2) is 16.2 Å². The van der Waals surface area contributed by atoms with Crippen LogP contribution in [0.3, 0.4) is 0 Å². The number of phenols is 1. The highest BCUT2D eigenvalue weighted by Gasteiger charge is 2.02. The van der Waals surface area contributed by atoms with Gasteiger partial charge in [0.25, 0.3) is 0 Å². The molecule has 14 heavy (non-hydrogen) atoms. The van der Waals surface area contributed by atoms with Crippen molar-refractivity contribution in [3.63, 3.8) is 0 Å². The van der Waals surface area contributed by atoms with E-state index in [-0.39, 0.29) is 16.3 Å². The van der Waals surface area contributed by atoms with Crippen LogP contribution >= 0.6 is 11.6 Å². The summed E-state index contributed by atoms with van der Waals surface area (Å²) in [5, 5.41) is 17.9. The normalized spacial score (nSPS) is 11.4. The molecule has 0 amide bonds. The number of aliphatic carboxylic acids is 1. The largest absolute Gasteiger partial charge is 0.506 e. The molecule has 0 aliphatic rings. The van der Waals surface area contributed by atoms with Gasteiger partial charge in [-0.25, -0.2) is 4.79 Å². The Balaban J connectivity index is 3.04. The first-order chi connectivity index (χ1) is 6.50. The lowest BCUT2D eigenvalue weighted by Crippen LogP contribution is -1.95. The molecule has 0 spiro atoms. The van der Waals surface area contributed by atoms with Gasteiger partial charge < -0.3 is 10.2 Å². The van der Waals surface area contributed by atoms with Crippen molar-refractivity contribution >= 4 is 23.6 Å². The lowest BCUT2D eigenvalue weighted by Gasteiger charge is -1.99. The van der Waals surface area contributed by atoms with E-state index in [0.717, 1.165) is 0 Å². The maximum atomic E-state index is 10.5. The first kappa shape index (κ1) is 10.6. The Morgan fingerprint density at radius 2 is 2.14 bits per heavy atom. The number of aromatic hydroxyl groups is 1. The van der Waals surface area contributed by atoms with Crippen molar-refractivity contribution in [2.45, 2.75) is 6.92 Å². The highest BCUT2D eigenvalue weighted by atomic mass is 35.5. The molecule has 1 aromatic carbocycles. The number of benzene rings is 1. The van der Waals surface area contributed by atoms with Crippen LogP contribution in [0.1, 0.15) is 12.5 Å². The second kappa shape index (κ2) is 4.15. The summed E-state index contributed by atoms with van der Waals surface area (Å²) in [6.07, 6.45) is 1.48. The van der Waals surface area contributed by atoms with Gasteiger partial charge in [0.05, 0.1) is 5.02 Å². The predicted octanol–water partition coefficient (Wildman–Crippen LogP) is 2.53. The van der Waals surface area contributed by atoms with E-state index in [2.05, 4.69) is 0 Å². The summed E-state index contributed by atoms with van der Waals surface area (Å²) in [7, 11) is 0. The molecule has 0 unspecified atom stereocenters. The number of rotatable bonds is 2. The van der Waals surface area contributed by atoms with Gasteiger partial charge in [0, 0.05) is 5.57 Å². The third-order valence-corrected chi connectivity index (χ3v) is 1.99. The van der Waals surface area contributed by atoms with Crippen molar-refractivity contribution < 1.29 is 15.0 Å². The number of carboxylic acid groups (broad SMARTS) is 1. The molecule has 1 rings (SSSR count). The molecule has 0 atom stereocenters. The van der Waals surface area contributed by atoms with Crippen molar-refractivity contribution in [3.05, 3.63) is 34.4 Å². The Kier molecular flexibility index (Phi) is 3.14. The minimum absolute atomic E-state index is 0.0169. The third kappa shape index (κ3) is 2.50. The van der Waals surface area contributed by atoms with Crippen LogP contribution in [-0.2, 0) is 4.79 Å². The Labute approximate surface area is 86.3 Å². The molecule has 0 saturated heterocycles. The first-order valence-corrected chi connectivity index (χ1v) is 4.28. The van der Waals surface area contributed by atoms with Crippen LogP contribution in [0.15, 0.2) is 23.8 Å². The van der Waals surface area contributed by atoms with Gasteiger partial charge in [-0.15, -0.1) is 0 Å². The smallest absolute Gasteiger partial charge is 0.331 e. The summed E-state index contributed by atoms with van der Waals surface area (Å²) >= 11 is 5.65. The van der Waals surface area contributed by atoms with Crippen molar-refractivity contribution in [1.29, 1.82) is 0 Å². The summed E-state index contributed by atoms with van der Waals surface area (Å²) in [4.78, 5) is 10.5. The SMILES string of the molecule is C/C(=C/c1ccc(O)c(Cl)c1)C(=O)O.